The third kappa shape index (κ3) is 3.13. The molecule has 1 N–H and O–H groups in total. The lowest BCUT2D eigenvalue weighted by atomic mass is 9.78. The van der Waals surface area contributed by atoms with Gasteiger partial charge in [-0.3, -0.25) is 0 Å². The molecule has 0 radical (unpaired) electrons. The normalized spacial score (nSPS) is 28.8. The van der Waals surface area contributed by atoms with Crippen molar-refractivity contribution in [2.24, 2.45) is 11.8 Å². The monoisotopic (exact) mass is 319 g/mol. The van der Waals surface area contributed by atoms with Crippen LogP contribution in [0.5, 0.6) is 0 Å². The molecular formula is C18H25NO2S. The lowest BCUT2D eigenvalue weighted by molar-refractivity contribution is 0.227. The number of aryl methyl sites for hydroxylation is 1. The Morgan fingerprint density at radius 1 is 1.09 bits per heavy atom. The molecule has 0 saturated heterocycles. The maximum absolute atomic E-state index is 12.7. The van der Waals surface area contributed by atoms with Crippen LogP contribution in [0.2, 0.25) is 0 Å². The van der Waals surface area contributed by atoms with Crippen LogP contribution in [0.15, 0.2) is 29.2 Å². The van der Waals surface area contributed by atoms with Gasteiger partial charge < -0.3 is 0 Å². The number of fused-ring (bicyclic) bond motifs is 1. The van der Waals surface area contributed by atoms with Crippen LogP contribution in [0, 0.1) is 11.8 Å². The number of nitrogens with one attached hydrogen (secondary N) is 1. The molecule has 3 atom stereocenters. The average molecular weight is 319 g/mol. The van der Waals surface area contributed by atoms with Crippen LogP contribution < -0.4 is 4.72 Å². The topological polar surface area (TPSA) is 46.2 Å². The van der Waals surface area contributed by atoms with Crippen molar-refractivity contribution in [1.82, 2.24) is 4.72 Å². The first-order chi connectivity index (χ1) is 10.5. The van der Waals surface area contributed by atoms with E-state index in [4.69, 9.17) is 0 Å². The number of rotatable bonds is 3. The largest absolute Gasteiger partial charge is 0.236 e. The third-order valence-electron chi connectivity index (χ3n) is 5.37. The highest BCUT2D eigenvalue weighted by atomic mass is 32.2. The highest BCUT2D eigenvalue weighted by Gasteiger charge is 2.32. The summed E-state index contributed by atoms with van der Waals surface area (Å²) >= 11 is 0. The molecule has 1 fully saturated rings. The van der Waals surface area contributed by atoms with E-state index in [1.54, 1.807) is 0 Å². The van der Waals surface area contributed by atoms with Gasteiger partial charge in [-0.05, 0) is 48.3 Å². The molecular weight excluding hydrogens is 294 g/mol. The molecule has 22 heavy (non-hydrogen) atoms. The number of hydrogen-bond acceptors (Lipinski definition) is 2. The molecule has 0 heterocycles. The lowest BCUT2D eigenvalue weighted by Crippen LogP contribution is -2.44. The van der Waals surface area contributed by atoms with E-state index >= 15 is 0 Å². The quantitative estimate of drug-likeness (QED) is 0.923. The standard InChI is InChI=1S/C18H25NO2S/c1-13-6-5-9-18(14(13)2)19-22(20,21)17-11-10-15-7-3-4-8-16(15)12-17/h3-4,7-8,12-14,18-19H,5-6,9-11H2,1-2H3/t13-,14+,18+/m0/s1. The zero-order chi connectivity index (χ0) is 15.7. The van der Waals surface area contributed by atoms with Crippen LogP contribution in [-0.4, -0.2) is 14.5 Å². The SMILES string of the molecule is C[C@@H]1[C@@H](C)CCC[C@H]1NS(=O)(=O)C1=Cc2ccccc2CC1. The lowest BCUT2D eigenvalue weighted by Gasteiger charge is -2.34. The van der Waals surface area contributed by atoms with Crippen molar-refractivity contribution in [3.8, 4) is 0 Å². The molecule has 2 aliphatic carbocycles. The van der Waals surface area contributed by atoms with E-state index < -0.39 is 10.0 Å². The number of allylic oxidation sites excluding steroid dienone is 1. The van der Waals surface area contributed by atoms with Crippen LogP contribution in [0.4, 0.5) is 0 Å². The summed E-state index contributed by atoms with van der Waals surface area (Å²) in [7, 11) is -3.37. The molecule has 4 heteroatoms. The molecule has 1 aromatic carbocycles. The third-order valence-corrected chi connectivity index (χ3v) is 7.00. The summed E-state index contributed by atoms with van der Waals surface area (Å²) in [6.07, 6.45) is 6.52. The van der Waals surface area contributed by atoms with Gasteiger partial charge in [0, 0.05) is 6.04 Å². The molecule has 3 nitrogen and oxygen atoms in total. The minimum Gasteiger partial charge on any atom is -0.208 e. The zero-order valence-corrected chi connectivity index (χ0v) is 14.2. The van der Waals surface area contributed by atoms with E-state index in [0.29, 0.717) is 23.2 Å². The molecule has 1 saturated carbocycles. The minimum atomic E-state index is -3.37. The molecule has 3 rings (SSSR count). The molecule has 1 aromatic rings. The van der Waals surface area contributed by atoms with E-state index in [1.807, 2.05) is 24.3 Å². The van der Waals surface area contributed by atoms with Gasteiger partial charge in [0.2, 0.25) is 10.0 Å². The average Bonchev–Trinajstić information content (AvgIpc) is 2.51. The van der Waals surface area contributed by atoms with Crippen molar-refractivity contribution in [3.05, 3.63) is 40.3 Å². The van der Waals surface area contributed by atoms with E-state index in [2.05, 4.69) is 24.6 Å². The van der Waals surface area contributed by atoms with E-state index in [0.717, 1.165) is 24.8 Å². The Morgan fingerprint density at radius 2 is 1.86 bits per heavy atom. The second-order valence-corrected chi connectivity index (χ2v) is 8.57. The summed E-state index contributed by atoms with van der Waals surface area (Å²) in [6.45, 7) is 4.39. The fourth-order valence-corrected chi connectivity index (χ4v) is 5.18. The van der Waals surface area contributed by atoms with Crippen LogP contribution >= 0.6 is 0 Å². The molecule has 120 valence electrons. The Kier molecular flexibility index (Phi) is 4.42. The first kappa shape index (κ1) is 15.8. The van der Waals surface area contributed by atoms with Crippen LogP contribution in [0.3, 0.4) is 0 Å². The Bertz CT molecular complexity index is 678. The van der Waals surface area contributed by atoms with Gasteiger partial charge in [0.1, 0.15) is 0 Å². The van der Waals surface area contributed by atoms with E-state index in [1.165, 1.54) is 12.0 Å². The van der Waals surface area contributed by atoms with Gasteiger partial charge in [0.15, 0.2) is 0 Å². The predicted molar refractivity (Wildman–Crippen MR) is 90.8 cm³/mol. The Morgan fingerprint density at radius 3 is 2.68 bits per heavy atom. The molecule has 2 aliphatic rings. The highest BCUT2D eigenvalue weighted by Crippen LogP contribution is 2.32. The fraction of sp³-hybridized carbons (Fsp3) is 0.556. The van der Waals surface area contributed by atoms with E-state index in [9.17, 15) is 8.42 Å². The Balaban J connectivity index is 1.81. The second-order valence-electron chi connectivity index (χ2n) is 6.80. The summed E-state index contributed by atoms with van der Waals surface area (Å²) in [6, 6.07) is 8.12. The Hall–Kier alpha value is -1.13. The zero-order valence-electron chi connectivity index (χ0n) is 13.4. The predicted octanol–water partition coefficient (Wildman–Crippen LogP) is 3.72. The summed E-state index contributed by atoms with van der Waals surface area (Å²) in [5, 5.41) is 0. The van der Waals surface area contributed by atoms with Crippen molar-refractivity contribution < 1.29 is 8.42 Å². The van der Waals surface area contributed by atoms with E-state index in [-0.39, 0.29) is 6.04 Å². The van der Waals surface area contributed by atoms with Gasteiger partial charge in [0.05, 0.1) is 4.91 Å². The van der Waals surface area contributed by atoms with Crippen molar-refractivity contribution >= 4 is 16.1 Å². The molecule has 0 aliphatic heterocycles. The summed E-state index contributed by atoms with van der Waals surface area (Å²) in [4.78, 5) is 0.539. The maximum atomic E-state index is 12.7. The fourth-order valence-electron chi connectivity index (χ4n) is 3.64. The first-order valence-electron chi connectivity index (χ1n) is 8.28. The molecule has 0 amide bonds. The van der Waals surface area contributed by atoms with Gasteiger partial charge >= 0.3 is 0 Å². The van der Waals surface area contributed by atoms with Gasteiger partial charge in [-0.1, -0.05) is 51.0 Å². The number of hydrogen-bond donors (Lipinski definition) is 1. The van der Waals surface area contributed by atoms with Gasteiger partial charge in [-0.15, -0.1) is 0 Å². The van der Waals surface area contributed by atoms with Crippen molar-refractivity contribution in [1.29, 1.82) is 0 Å². The molecule has 0 aromatic heterocycles. The van der Waals surface area contributed by atoms with Gasteiger partial charge in [0.25, 0.3) is 0 Å². The van der Waals surface area contributed by atoms with Crippen LogP contribution in [0.25, 0.3) is 6.08 Å². The minimum absolute atomic E-state index is 0.0758. The maximum Gasteiger partial charge on any atom is 0.236 e. The van der Waals surface area contributed by atoms with Crippen molar-refractivity contribution in [2.45, 2.75) is 52.0 Å². The first-order valence-corrected chi connectivity index (χ1v) is 9.76. The van der Waals surface area contributed by atoms with Crippen LogP contribution in [-0.2, 0) is 16.4 Å². The van der Waals surface area contributed by atoms with Gasteiger partial charge in [-0.2, -0.15) is 0 Å². The van der Waals surface area contributed by atoms with Crippen molar-refractivity contribution in [3.63, 3.8) is 0 Å². The molecule has 0 unspecified atom stereocenters. The summed E-state index contributed by atoms with van der Waals surface area (Å²) in [5.41, 5.74) is 2.28. The van der Waals surface area contributed by atoms with Gasteiger partial charge in [-0.25, -0.2) is 13.1 Å². The molecule has 0 spiro atoms. The van der Waals surface area contributed by atoms with Crippen molar-refractivity contribution in [2.75, 3.05) is 0 Å². The van der Waals surface area contributed by atoms with Crippen LogP contribution in [0.1, 0.15) is 50.7 Å². The second kappa shape index (κ2) is 6.17. The number of sulfonamides is 1. The molecule has 0 bridgehead atoms. The summed E-state index contributed by atoms with van der Waals surface area (Å²) < 4.78 is 28.5. The summed E-state index contributed by atoms with van der Waals surface area (Å²) in [5.74, 6) is 0.988. The number of benzene rings is 1. The highest BCUT2D eigenvalue weighted by molar-refractivity contribution is 7.93. The smallest absolute Gasteiger partial charge is 0.208 e. The Labute approximate surface area is 133 Å².